The third kappa shape index (κ3) is 10.2. The van der Waals surface area contributed by atoms with Crippen LogP contribution in [-0.2, 0) is 19.1 Å². The van der Waals surface area contributed by atoms with Gasteiger partial charge in [0.2, 0.25) is 5.91 Å². The maximum atomic E-state index is 12.3. The third-order valence-electron chi connectivity index (χ3n) is 3.91. The van der Waals surface area contributed by atoms with E-state index >= 15 is 0 Å². The number of hydrogen-bond acceptors (Lipinski definition) is 4. The van der Waals surface area contributed by atoms with Crippen LogP contribution in [0, 0.1) is 0 Å². The van der Waals surface area contributed by atoms with E-state index in [4.69, 9.17) is 4.18 Å². The van der Waals surface area contributed by atoms with E-state index in [1.54, 1.807) is 6.92 Å². The first-order valence-corrected chi connectivity index (χ1v) is 10.1. The van der Waals surface area contributed by atoms with Crippen LogP contribution in [0.3, 0.4) is 0 Å². The molecule has 0 aromatic heterocycles. The number of amides is 1. The molecule has 138 valence electrons. The molecule has 5 nitrogen and oxygen atoms in total. The Balaban J connectivity index is -0.00000242. The zero-order valence-electron chi connectivity index (χ0n) is 16.9. The first-order chi connectivity index (χ1) is 10.8. The second-order valence-electron chi connectivity index (χ2n) is 6.01. The van der Waals surface area contributed by atoms with Crippen LogP contribution in [0.2, 0.25) is 0 Å². The van der Waals surface area contributed by atoms with Gasteiger partial charge in [-0.15, -0.1) is 0 Å². The molecule has 0 heterocycles. The number of hydrogen-bond donors (Lipinski definition) is 1. The summed E-state index contributed by atoms with van der Waals surface area (Å²) in [5.41, 5.74) is 0. The number of carbonyl (C=O) groups excluding carboxylic acids is 1. The first-order valence-electron chi connectivity index (χ1n) is 8.66. The second-order valence-corrected chi connectivity index (χ2v) is 8.05. The summed E-state index contributed by atoms with van der Waals surface area (Å²) in [4.78, 5) is 10.2. The Morgan fingerprint density at radius 1 is 1.12 bits per heavy atom. The predicted octanol–water partition coefficient (Wildman–Crippen LogP) is 1.02. The van der Waals surface area contributed by atoms with Crippen molar-refractivity contribution < 1.29 is 48.4 Å². The van der Waals surface area contributed by atoms with Gasteiger partial charge in [-0.1, -0.05) is 58.4 Å². The van der Waals surface area contributed by atoms with Crippen LogP contribution < -0.4 is 34.9 Å². The molecule has 0 spiro atoms. The smallest absolute Gasteiger partial charge is 1.00 e. The van der Waals surface area contributed by atoms with Gasteiger partial charge in [0, 0.05) is 0 Å². The number of carbonyl (C=O) groups is 1. The molecule has 24 heavy (non-hydrogen) atoms. The van der Waals surface area contributed by atoms with Gasteiger partial charge in [-0.25, -0.2) is 0 Å². The molecule has 0 aliphatic carbocycles. The number of nitrogens with one attached hydrogen (secondary N) is 1. The van der Waals surface area contributed by atoms with Gasteiger partial charge in [0.05, 0.1) is 6.61 Å². The van der Waals surface area contributed by atoms with Gasteiger partial charge in [0.25, 0.3) is 10.1 Å². The van der Waals surface area contributed by atoms with Gasteiger partial charge >= 0.3 is 29.6 Å². The normalized spacial score (nSPS) is 13.6. The Kier molecular flexibility index (Phi) is 15.7. The largest absolute Gasteiger partial charge is 1.00 e. The van der Waals surface area contributed by atoms with Crippen molar-refractivity contribution in [1.82, 2.24) is 5.32 Å². The van der Waals surface area contributed by atoms with E-state index in [9.17, 15) is 13.2 Å². The quantitative estimate of drug-likeness (QED) is 0.214. The molecule has 0 aliphatic rings. The second kappa shape index (κ2) is 14.3. The zero-order chi connectivity index (χ0) is 17.8. The van der Waals surface area contributed by atoms with E-state index in [2.05, 4.69) is 18.8 Å². The molecule has 0 bridgehead atoms. The minimum Gasteiger partial charge on any atom is -1.00 e. The minimum absolute atomic E-state index is 0. The minimum atomic E-state index is -3.86. The van der Waals surface area contributed by atoms with Crippen molar-refractivity contribution in [2.45, 2.75) is 83.4 Å². The molecule has 1 atom stereocenters. The van der Waals surface area contributed by atoms with Gasteiger partial charge in [-0.3, -0.25) is 8.98 Å². The third-order valence-corrected chi connectivity index (χ3v) is 5.86. The summed E-state index contributed by atoms with van der Waals surface area (Å²) in [5, 5.41) is 2.52. The molecular weight excluding hydrogens is 337 g/mol. The van der Waals surface area contributed by atoms with E-state index in [1.807, 2.05) is 0 Å². The standard InChI is InChI=1S/C17H33NO4S.Na.H/c1-5-8-9-10-11-12-13-14-15-17(4,18-16(19)6-2)23(20,21)22-7-3;;/h6H,2,5,7-15H2,1,3-4H3,(H,18,19);;/q;+1;-1. The summed E-state index contributed by atoms with van der Waals surface area (Å²) in [6, 6.07) is 0. The van der Waals surface area contributed by atoms with E-state index < -0.39 is 20.9 Å². The molecule has 0 aliphatic heterocycles. The van der Waals surface area contributed by atoms with Crippen molar-refractivity contribution in [3.05, 3.63) is 12.7 Å². The van der Waals surface area contributed by atoms with Crippen LogP contribution in [0.1, 0.15) is 80.0 Å². The molecule has 0 radical (unpaired) electrons. The number of unbranched alkanes of at least 4 members (excludes halogenated alkanes) is 7. The fourth-order valence-corrected chi connectivity index (χ4v) is 3.63. The topological polar surface area (TPSA) is 72.5 Å². The average Bonchev–Trinajstić information content (AvgIpc) is 2.49. The molecule has 0 saturated carbocycles. The predicted molar refractivity (Wildman–Crippen MR) is 95.6 cm³/mol. The Hall–Kier alpha value is 0.120. The Morgan fingerprint density at radius 2 is 1.62 bits per heavy atom. The van der Waals surface area contributed by atoms with Crippen LogP contribution in [0.4, 0.5) is 0 Å². The van der Waals surface area contributed by atoms with Crippen molar-refractivity contribution in [2.24, 2.45) is 0 Å². The summed E-state index contributed by atoms with van der Waals surface area (Å²) in [5.74, 6) is -0.504. The first kappa shape index (κ1) is 26.4. The van der Waals surface area contributed by atoms with Crippen LogP contribution in [0.15, 0.2) is 12.7 Å². The zero-order valence-corrected chi connectivity index (χ0v) is 18.7. The van der Waals surface area contributed by atoms with Crippen molar-refractivity contribution in [3.8, 4) is 0 Å². The molecule has 7 heteroatoms. The van der Waals surface area contributed by atoms with Crippen molar-refractivity contribution >= 4 is 16.0 Å². The van der Waals surface area contributed by atoms with Gasteiger partial charge in [0.15, 0.2) is 4.87 Å². The van der Waals surface area contributed by atoms with Crippen LogP contribution in [-0.4, -0.2) is 25.8 Å². The van der Waals surface area contributed by atoms with Crippen LogP contribution >= 0.6 is 0 Å². The molecule has 0 saturated heterocycles. The molecule has 1 amide bonds. The summed E-state index contributed by atoms with van der Waals surface area (Å²) < 4.78 is 29.4. The van der Waals surface area contributed by atoms with Crippen LogP contribution in [0.25, 0.3) is 0 Å². The molecular formula is C17H34NNaO4S. The monoisotopic (exact) mass is 371 g/mol. The maximum absolute atomic E-state index is 12.3. The van der Waals surface area contributed by atoms with E-state index in [0.29, 0.717) is 6.42 Å². The molecule has 0 aromatic rings. The van der Waals surface area contributed by atoms with E-state index in [1.165, 1.54) is 39.0 Å². The summed E-state index contributed by atoms with van der Waals surface area (Å²) in [6.45, 7) is 8.73. The van der Waals surface area contributed by atoms with Gasteiger partial charge < -0.3 is 6.74 Å². The van der Waals surface area contributed by atoms with Gasteiger partial charge in [0.1, 0.15) is 0 Å². The van der Waals surface area contributed by atoms with E-state index in [0.717, 1.165) is 25.3 Å². The fraction of sp³-hybridized carbons (Fsp3) is 0.824. The molecule has 0 aromatic carbocycles. The molecule has 1 N–H and O–H groups in total. The summed E-state index contributed by atoms with van der Waals surface area (Å²) in [6.07, 6.45) is 10.4. The Morgan fingerprint density at radius 3 is 2.08 bits per heavy atom. The average molecular weight is 372 g/mol. The van der Waals surface area contributed by atoms with E-state index in [-0.39, 0.29) is 37.6 Å². The molecule has 0 fully saturated rings. The van der Waals surface area contributed by atoms with Crippen molar-refractivity contribution in [2.75, 3.05) is 6.61 Å². The summed E-state index contributed by atoms with van der Waals surface area (Å²) in [7, 11) is -3.86. The number of rotatable bonds is 14. The SMILES string of the molecule is C=CC(=O)NC(C)(CCCCCCCCCC)S(=O)(=O)OCC.[H-].[Na+]. The van der Waals surface area contributed by atoms with Crippen molar-refractivity contribution in [1.29, 1.82) is 0 Å². The van der Waals surface area contributed by atoms with Crippen molar-refractivity contribution in [3.63, 3.8) is 0 Å². The summed E-state index contributed by atoms with van der Waals surface area (Å²) >= 11 is 0. The van der Waals surface area contributed by atoms with Gasteiger partial charge in [-0.2, -0.15) is 8.42 Å². The maximum Gasteiger partial charge on any atom is 1.00 e. The Labute approximate surface area is 171 Å². The van der Waals surface area contributed by atoms with Gasteiger partial charge in [-0.05, 0) is 32.8 Å². The fourth-order valence-electron chi connectivity index (χ4n) is 2.44. The molecule has 0 rings (SSSR count). The van der Waals surface area contributed by atoms with Crippen LogP contribution in [0.5, 0.6) is 0 Å². The molecule has 1 unspecified atom stereocenters. The Bertz CT molecular complexity index is 460.